The Morgan fingerprint density at radius 3 is 2.45 bits per heavy atom. The quantitative estimate of drug-likeness (QED) is 0.379. The molecule has 29 heavy (non-hydrogen) atoms. The highest BCUT2D eigenvalue weighted by Crippen LogP contribution is 2.27. The smallest absolute Gasteiger partial charge is 0.263 e. The van der Waals surface area contributed by atoms with Gasteiger partial charge in [0.1, 0.15) is 17.1 Å². The van der Waals surface area contributed by atoms with Gasteiger partial charge in [-0.15, -0.1) is 0 Å². The minimum Gasteiger partial charge on any atom is -0.497 e. The highest BCUT2D eigenvalue weighted by Gasteiger charge is 2.41. The number of amides is 1. The zero-order valence-corrected chi connectivity index (χ0v) is 17.1. The van der Waals surface area contributed by atoms with E-state index < -0.39 is 21.0 Å². The molecule has 1 saturated heterocycles. The number of carbonyl (C=O) groups is 1. The van der Waals surface area contributed by atoms with Gasteiger partial charge >= 0.3 is 0 Å². The molecule has 0 saturated carbocycles. The number of hydrogen-bond donors (Lipinski definition) is 3. The fourth-order valence-electron chi connectivity index (χ4n) is 3.48. The summed E-state index contributed by atoms with van der Waals surface area (Å²) < 4.78 is 31.9. The van der Waals surface area contributed by atoms with Crippen molar-refractivity contribution in [3.63, 3.8) is 0 Å². The summed E-state index contributed by atoms with van der Waals surface area (Å²) in [7, 11) is -0.625. The maximum Gasteiger partial charge on any atom is 0.263 e. The summed E-state index contributed by atoms with van der Waals surface area (Å²) in [4.78, 5) is 12.3. The standard InChI is InChI=1S/C21H25FN2O4S/c1-28-17-6-4-16(5-7-17)18-8-3-15(13-19(18)22)14-23-21(20(25)24-26)9-11-29(2,27)12-10-21/h3-8,13,23,26H,2,9-12,14H2,1H3,(H,24,25). The van der Waals surface area contributed by atoms with Gasteiger partial charge in [0.15, 0.2) is 0 Å². The molecule has 2 aromatic carbocycles. The molecule has 156 valence electrons. The maximum atomic E-state index is 14.7. The Hall–Kier alpha value is -2.42. The number of ether oxygens (including phenoxy) is 1. The van der Waals surface area contributed by atoms with E-state index in [9.17, 15) is 13.4 Å². The minimum atomic E-state index is -2.20. The summed E-state index contributed by atoms with van der Waals surface area (Å²) in [5, 5.41) is 12.3. The first-order chi connectivity index (χ1) is 13.8. The first-order valence-corrected chi connectivity index (χ1v) is 11.3. The Bertz CT molecular complexity index is 976. The number of carbonyl (C=O) groups excluding carboxylic acids is 1. The van der Waals surface area contributed by atoms with Crippen molar-refractivity contribution in [2.45, 2.75) is 24.9 Å². The van der Waals surface area contributed by atoms with Gasteiger partial charge in [-0.25, -0.2) is 9.87 Å². The van der Waals surface area contributed by atoms with E-state index in [1.165, 1.54) is 6.07 Å². The van der Waals surface area contributed by atoms with E-state index in [1.54, 1.807) is 49.0 Å². The number of methoxy groups -OCH3 is 1. The SMILES string of the molecule is C=S1(=O)CCC(NCc2ccc(-c3ccc(OC)cc3)c(F)c2)(C(=O)NO)CC1. The number of nitrogens with one attached hydrogen (secondary N) is 2. The van der Waals surface area contributed by atoms with E-state index in [1.807, 2.05) is 0 Å². The summed E-state index contributed by atoms with van der Waals surface area (Å²) >= 11 is 0. The highest BCUT2D eigenvalue weighted by atomic mass is 32.2. The van der Waals surface area contributed by atoms with E-state index in [2.05, 4.69) is 11.2 Å². The largest absolute Gasteiger partial charge is 0.497 e. The zero-order valence-electron chi connectivity index (χ0n) is 16.2. The van der Waals surface area contributed by atoms with Crippen LogP contribution in [0.25, 0.3) is 11.1 Å². The lowest BCUT2D eigenvalue weighted by atomic mass is 9.91. The molecule has 0 spiro atoms. The summed E-state index contributed by atoms with van der Waals surface area (Å²) in [6.45, 7) is 0.228. The zero-order chi connectivity index (χ0) is 21.1. The number of halogens is 1. The van der Waals surface area contributed by atoms with Gasteiger partial charge in [-0.2, -0.15) is 0 Å². The Labute approximate surface area is 170 Å². The Kier molecular flexibility index (Phi) is 6.26. The fourth-order valence-corrected chi connectivity index (χ4v) is 5.13. The van der Waals surface area contributed by atoms with E-state index in [4.69, 9.17) is 9.94 Å². The number of benzene rings is 2. The molecule has 0 radical (unpaired) electrons. The minimum absolute atomic E-state index is 0.228. The van der Waals surface area contributed by atoms with Gasteiger partial charge in [0.2, 0.25) is 0 Å². The summed E-state index contributed by atoms with van der Waals surface area (Å²) in [5.74, 6) is 4.03. The van der Waals surface area contributed by atoms with Crippen LogP contribution in [0.4, 0.5) is 4.39 Å². The molecular formula is C21H25FN2O4S. The van der Waals surface area contributed by atoms with Crippen LogP contribution in [0.1, 0.15) is 18.4 Å². The molecule has 0 bridgehead atoms. The third kappa shape index (κ3) is 4.77. The normalized spacial score (nSPS) is 24.1. The molecule has 3 N–H and O–H groups in total. The lowest BCUT2D eigenvalue weighted by molar-refractivity contribution is -0.136. The molecular weight excluding hydrogens is 395 g/mol. The van der Waals surface area contributed by atoms with Crippen molar-refractivity contribution >= 4 is 21.3 Å². The number of hydroxylamine groups is 1. The fraction of sp³-hybridized carbons (Fsp3) is 0.333. The molecule has 0 unspecified atom stereocenters. The number of rotatable bonds is 6. The van der Waals surface area contributed by atoms with Crippen LogP contribution in [0.5, 0.6) is 5.75 Å². The van der Waals surface area contributed by atoms with E-state index >= 15 is 0 Å². The van der Waals surface area contributed by atoms with Crippen molar-refractivity contribution in [1.82, 2.24) is 10.8 Å². The lowest BCUT2D eigenvalue weighted by Crippen LogP contribution is -2.59. The second kappa shape index (κ2) is 8.52. The van der Waals surface area contributed by atoms with Crippen molar-refractivity contribution in [3.05, 3.63) is 53.8 Å². The van der Waals surface area contributed by atoms with Gasteiger partial charge in [-0.05, 0) is 57.6 Å². The average Bonchev–Trinajstić information content (AvgIpc) is 2.73. The van der Waals surface area contributed by atoms with Gasteiger partial charge in [0.05, 0.1) is 7.11 Å². The van der Waals surface area contributed by atoms with Gasteiger partial charge < -0.3 is 4.74 Å². The maximum absolute atomic E-state index is 14.7. The van der Waals surface area contributed by atoms with Crippen LogP contribution in [-0.2, 0) is 20.9 Å². The van der Waals surface area contributed by atoms with Crippen LogP contribution in [0.3, 0.4) is 0 Å². The summed E-state index contributed by atoms with van der Waals surface area (Å²) in [6, 6.07) is 12.0. The van der Waals surface area contributed by atoms with Crippen LogP contribution in [0, 0.1) is 5.82 Å². The van der Waals surface area contributed by atoms with Crippen molar-refractivity contribution in [3.8, 4) is 16.9 Å². The molecule has 0 aromatic heterocycles. The van der Waals surface area contributed by atoms with Crippen molar-refractivity contribution in [1.29, 1.82) is 0 Å². The van der Waals surface area contributed by atoms with Crippen LogP contribution in [0.2, 0.25) is 0 Å². The molecule has 1 aliphatic heterocycles. The molecule has 8 heteroatoms. The average molecular weight is 421 g/mol. The molecule has 6 nitrogen and oxygen atoms in total. The van der Waals surface area contributed by atoms with Crippen LogP contribution < -0.4 is 15.5 Å². The topological polar surface area (TPSA) is 87.7 Å². The van der Waals surface area contributed by atoms with E-state index in [0.29, 0.717) is 16.9 Å². The Balaban J connectivity index is 1.75. The lowest BCUT2D eigenvalue weighted by Gasteiger charge is -2.37. The summed E-state index contributed by atoms with van der Waals surface area (Å²) in [5.41, 5.74) is 2.49. The van der Waals surface area contributed by atoms with Crippen molar-refractivity contribution < 1.29 is 23.3 Å². The second-order valence-corrected chi connectivity index (χ2v) is 10.0. The molecule has 0 atom stereocenters. The van der Waals surface area contributed by atoms with E-state index in [0.717, 1.165) is 5.56 Å². The Morgan fingerprint density at radius 1 is 1.24 bits per heavy atom. The predicted molar refractivity (Wildman–Crippen MR) is 112 cm³/mol. The third-order valence-electron chi connectivity index (χ3n) is 5.40. The third-order valence-corrected chi connectivity index (χ3v) is 7.30. The van der Waals surface area contributed by atoms with Gasteiger partial charge in [-0.3, -0.25) is 19.5 Å². The molecule has 1 heterocycles. The first kappa shape index (κ1) is 21.3. The molecule has 1 amide bonds. The molecule has 1 aliphatic rings. The second-order valence-electron chi connectivity index (χ2n) is 7.29. The van der Waals surface area contributed by atoms with Crippen molar-refractivity contribution in [2.24, 2.45) is 0 Å². The molecule has 0 aliphatic carbocycles. The van der Waals surface area contributed by atoms with Gasteiger partial charge in [-0.1, -0.05) is 24.3 Å². The Morgan fingerprint density at radius 2 is 1.90 bits per heavy atom. The van der Waals surface area contributed by atoms with Gasteiger partial charge in [0, 0.05) is 23.6 Å². The molecule has 2 aromatic rings. The highest BCUT2D eigenvalue weighted by molar-refractivity contribution is 8.00. The monoisotopic (exact) mass is 420 g/mol. The predicted octanol–water partition coefficient (Wildman–Crippen LogP) is 2.35. The molecule has 1 fully saturated rings. The number of hydrogen-bond acceptors (Lipinski definition) is 5. The van der Waals surface area contributed by atoms with Crippen LogP contribution in [-0.4, -0.2) is 45.3 Å². The first-order valence-electron chi connectivity index (χ1n) is 9.24. The van der Waals surface area contributed by atoms with E-state index in [-0.39, 0.29) is 36.7 Å². The molecule has 3 rings (SSSR count). The van der Waals surface area contributed by atoms with Gasteiger partial charge in [0.25, 0.3) is 5.91 Å². The van der Waals surface area contributed by atoms with Crippen LogP contribution >= 0.6 is 0 Å². The van der Waals surface area contributed by atoms with Crippen molar-refractivity contribution in [2.75, 3.05) is 18.6 Å². The van der Waals surface area contributed by atoms with Crippen LogP contribution in [0.15, 0.2) is 42.5 Å². The summed E-state index contributed by atoms with van der Waals surface area (Å²) in [6.07, 6.45) is 0.572.